The van der Waals surface area contributed by atoms with Crippen molar-refractivity contribution in [1.82, 2.24) is 4.98 Å². The number of rotatable bonds is 3. The van der Waals surface area contributed by atoms with Gasteiger partial charge in [0.15, 0.2) is 0 Å². The fourth-order valence-electron chi connectivity index (χ4n) is 8.47. The van der Waals surface area contributed by atoms with Crippen LogP contribution in [0.25, 0.3) is 87.7 Å². The predicted octanol–water partition coefficient (Wildman–Crippen LogP) is 13.0. The molecule has 0 amide bonds. The maximum absolute atomic E-state index is 5.02. The van der Waals surface area contributed by atoms with E-state index in [-0.39, 0.29) is 5.41 Å². The van der Waals surface area contributed by atoms with Gasteiger partial charge in [-0.05, 0) is 95.4 Å². The number of hydrogen-bond acceptors (Lipinski definition) is 1. The van der Waals surface area contributed by atoms with Crippen molar-refractivity contribution in [3.63, 3.8) is 0 Å². The Balaban J connectivity index is 1.18. The average Bonchev–Trinajstić information content (AvgIpc) is 3.39. The number of benzene rings is 8. The van der Waals surface area contributed by atoms with Gasteiger partial charge in [0.25, 0.3) is 0 Å². The first-order valence-electron chi connectivity index (χ1n) is 17.1. The lowest BCUT2D eigenvalue weighted by Gasteiger charge is -2.22. The van der Waals surface area contributed by atoms with E-state index in [0.29, 0.717) is 0 Å². The third-order valence-corrected chi connectivity index (χ3v) is 10.9. The van der Waals surface area contributed by atoms with E-state index in [2.05, 4.69) is 178 Å². The zero-order valence-electron chi connectivity index (χ0n) is 27.5. The smallest absolute Gasteiger partial charge is 0.0708 e. The molecule has 9 aromatic rings. The van der Waals surface area contributed by atoms with Gasteiger partial charge in [-0.1, -0.05) is 153 Å². The molecule has 0 N–H and O–H groups in total. The molecule has 0 aliphatic heterocycles. The molecule has 1 aromatic heterocycles. The normalized spacial score (nSPS) is 13.3. The summed E-state index contributed by atoms with van der Waals surface area (Å²) >= 11 is 0. The van der Waals surface area contributed by atoms with Crippen LogP contribution in [0.1, 0.15) is 25.0 Å². The van der Waals surface area contributed by atoms with Crippen LogP contribution in [0.4, 0.5) is 0 Å². The summed E-state index contributed by atoms with van der Waals surface area (Å²) in [7, 11) is 0. The first kappa shape index (κ1) is 28.0. The number of para-hydroxylation sites is 1. The highest BCUT2D eigenvalue weighted by molar-refractivity contribution is 6.27. The summed E-state index contributed by atoms with van der Waals surface area (Å²) in [6.07, 6.45) is 2.10. The second-order valence-electron chi connectivity index (χ2n) is 13.9. The van der Waals surface area contributed by atoms with Crippen LogP contribution in [-0.4, -0.2) is 4.98 Å². The van der Waals surface area contributed by atoms with Crippen LogP contribution in [0.5, 0.6) is 0 Å². The van der Waals surface area contributed by atoms with Crippen LogP contribution in [0.3, 0.4) is 0 Å². The minimum absolute atomic E-state index is 0.0255. The molecule has 1 heteroatoms. The number of hydrogen-bond donors (Lipinski definition) is 0. The molecule has 0 saturated carbocycles. The molecule has 8 aromatic carbocycles. The van der Waals surface area contributed by atoms with E-state index in [4.69, 9.17) is 4.98 Å². The van der Waals surface area contributed by atoms with Crippen molar-refractivity contribution in [1.29, 1.82) is 0 Å². The summed E-state index contributed by atoms with van der Waals surface area (Å²) in [4.78, 5) is 5.02. The van der Waals surface area contributed by atoms with Gasteiger partial charge in [-0.25, -0.2) is 0 Å². The van der Waals surface area contributed by atoms with Gasteiger partial charge in [0, 0.05) is 27.8 Å². The van der Waals surface area contributed by atoms with E-state index in [1.54, 1.807) is 0 Å². The largest absolute Gasteiger partial charge is 0.256 e. The van der Waals surface area contributed by atoms with Crippen molar-refractivity contribution in [3.8, 4) is 44.5 Å². The topological polar surface area (TPSA) is 12.9 Å². The Morgan fingerprint density at radius 3 is 1.86 bits per heavy atom. The molecule has 10 rings (SSSR count). The molecule has 49 heavy (non-hydrogen) atoms. The van der Waals surface area contributed by atoms with Gasteiger partial charge in [0.05, 0.1) is 5.52 Å². The van der Waals surface area contributed by atoms with Gasteiger partial charge in [-0.15, -0.1) is 0 Å². The molecule has 0 spiro atoms. The van der Waals surface area contributed by atoms with E-state index >= 15 is 0 Å². The van der Waals surface area contributed by atoms with Gasteiger partial charge >= 0.3 is 0 Å². The Hall–Kier alpha value is -6.05. The highest BCUT2D eigenvalue weighted by atomic mass is 14.7. The van der Waals surface area contributed by atoms with Crippen LogP contribution in [0, 0.1) is 0 Å². The molecule has 1 heterocycles. The number of aromatic nitrogens is 1. The minimum Gasteiger partial charge on any atom is -0.256 e. The van der Waals surface area contributed by atoms with Gasteiger partial charge in [0.1, 0.15) is 0 Å². The lowest BCUT2D eigenvalue weighted by Crippen LogP contribution is -2.14. The second kappa shape index (κ2) is 10.5. The number of nitrogens with zero attached hydrogens (tertiary/aromatic N) is 1. The van der Waals surface area contributed by atoms with Gasteiger partial charge in [-0.3, -0.25) is 4.98 Å². The van der Waals surface area contributed by atoms with Gasteiger partial charge < -0.3 is 0 Å². The molecule has 0 fully saturated rings. The minimum atomic E-state index is -0.0255. The average molecular weight is 624 g/mol. The third kappa shape index (κ3) is 4.15. The lowest BCUT2D eigenvalue weighted by molar-refractivity contribution is 0.660. The molecular formula is C48H33N. The van der Waals surface area contributed by atoms with E-state index < -0.39 is 0 Å². The van der Waals surface area contributed by atoms with E-state index in [1.165, 1.54) is 93.3 Å². The fourth-order valence-corrected chi connectivity index (χ4v) is 8.47. The molecular weight excluding hydrogens is 591 g/mol. The molecule has 0 bridgehead atoms. The molecule has 0 atom stereocenters. The Kier molecular flexibility index (Phi) is 5.99. The molecule has 1 aliphatic carbocycles. The summed E-state index contributed by atoms with van der Waals surface area (Å²) in [6, 6.07) is 58.0. The first-order valence-corrected chi connectivity index (χ1v) is 17.1. The molecule has 1 aliphatic rings. The molecule has 230 valence electrons. The second-order valence-corrected chi connectivity index (χ2v) is 13.9. The summed E-state index contributed by atoms with van der Waals surface area (Å²) < 4.78 is 0. The summed E-state index contributed by atoms with van der Waals surface area (Å²) in [5, 5.41) is 8.58. The maximum Gasteiger partial charge on any atom is 0.0708 e. The van der Waals surface area contributed by atoms with Crippen molar-refractivity contribution < 1.29 is 0 Å². The van der Waals surface area contributed by atoms with Crippen molar-refractivity contribution in [2.45, 2.75) is 19.3 Å². The Morgan fingerprint density at radius 2 is 1.02 bits per heavy atom. The van der Waals surface area contributed by atoms with Crippen LogP contribution in [-0.2, 0) is 5.41 Å². The zero-order chi connectivity index (χ0) is 32.7. The SMILES string of the molecule is CC1(C)c2ccccc2-c2ccc(-c3ccc(-c4c5ccccc5c(-c5ccc6ccccc6c5)c5c4cnc4ccccc45)cc3)cc21. The van der Waals surface area contributed by atoms with Crippen molar-refractivity contribution in [2.24, 2.45) is 0 Å². The quantitative estimate of drug-likeness (QED) is 0.141. The van der Waals surface area contributed by atoms with E-state index in [1.807, 2.05) is 0 Å². The predicted molar refractivity (Wildman–Crippen MR) is 208 cm³/mol. The Labute approximate surface area is 286 Å². The van der Waals surface area contributed by atoms with Crippen LogP contribution >= 0.6 is 0 Å². The van der Waals surface area contributed by atoms with Crippen molar-refractivity contribution in [2.75, 3.05) is 0 Å². The zero-order valence-corrected chi connectivity index (χ0v) is 27.5. The summed E-state index contributed by atoms with van der Waals surface area (Å²) in [5.41, 5.74) is 13.9. The monoisotopic (exact) mass is 623 g/mol. The fraction of sp³-hybridized carbons (Fsp3) is 0.0625. The van der Waals surface area contributed by atoms with Gasteiger partial charge in [-0.2, -0.15) is 0 Å². The number of pyridine rings is 1. The molecule has 0 saturated heterocycles. The molecule has 0 radical (unpaired) electrons. The number of fused-ring (bicyclic) bond motifs is 8. The highest BCUT2D eigenvalue weighted by Gasteiger charge is 2.35. The highest BCUT2D eigenvalue weighted by Crippen LogP contribution is 2.50. The molecule has 0 unspecified atom stereocenters. The standard InChI is InChI=1S/C48H33N/c1-48(2)42-17-9-7-13-36(42)37-26-25-34(28-43(37)48)31-19-22-32(23-20-31)45-38-14-5-6-15-39(38)46(35-24-21-30-11-3-4-12-33(30)27-35)47-40-16-8-10-18-44(40)49-29-41(45)47/h3-29H,1-2H3. The van der Waals surface area contributed by atoms with E-state index in [9.17, 15) is 0 Å². The van der Waals surface area contributed by atoms with Crippen LogP contribution in [0.15, 0.2) is 164 Å². The Bertz CT molecular complexity index is 2780. The third-order valence-electron chi connectivity index (χ3n) is 10.9. The van der Waals surface area contributed by atoms with Crippen molar-refractivity contribution >= 4 is 43.2 Å². The summed E-state index contributed by atoms with van der Waals surface area (Å²) in [6.45, 7) is 4.69. The maximum atomic E-state index is 5.02. The summed E-state index contributed by atoms with van der Waals surface area (Å²) in [5.74, 6) is 0. The first-order chi connectivity index (χ1) is 24.1. The van der Waals surface area contributed by atoms with Crippen LogP contribution in [0.2, 0.25) is 0 Å². The lowest BCUT2D eigenvalue weighted by atomic mass is 9.81. The van der Waals surface area contributed by atoms with E-state index in [0.717, 1.165) is 5.52 Å². The van der Waals surface area contributed by atoms with Crippen molar-refractivity contribution in [3.05, 3.63) is 175 Å². The van der Waals surface area contributed by atoms with Crippen LogP contribution < -0.4 is 0 Å². The van der Waals surface area contributed by atoms with Gasteiger partial charge in [0.2, 0.25) is 0 Å². The Morgan fingerprint density at radius 1 is 0.408 bits per heavy atom. The molecule has 1 nitrogen and oxygen atoms in total.